The van der Waals surface area contributed by atoms with Gasteiger partial charge in [0.05, 0.1) is 22.4 Å². The summed E-state index contributed by atoms with van der Waals surface area (Å²) in [6, 6.07) is 38.4. The van der Waals surface area contributed by atoms with Gasteiger partial charge in [0.15, 0.2) is 0 Å². The van der Waals surface area contributed by atoms with Crippen LogP contribution in [0.3, 0.4) is 0 Å². The van der Waals surface area contributed by atoms with Crippen LogP contribution in [0, 0.1) is 0 Å². The molecular weight excluding hydrogens is 655 g/mol. The average Bonchev–Trinajstić information content (AvgIpc) is 3.48. The highest BCUT2D eigenvalue weighted by molar-refractivity contribution is 6.14. The summed E-state index contributed by atoms with van der Waals surface area (Å²) in [5, 5.41) is 2.28. The average molecular weight is 696 g/mol. The maximum Gasteiger partial charge on any atom is 0.234 e. The van der Waals surface area contributed by atoms with Crippen LogP contribution >= 0.6 is 0 Å². The first-order valence-corrected chi connectivity index (χ1v) is 17.9. The van der Waals surface area contributed by atoms with E-state index in [0.29, 0.717) is 5.95 Å². The molecule has 4 aromatic carbocycles. The number of ether oxygens (including phenoxy) is 2. The van der Waals surface area contributed by atoms with Gasteiger partial charge in [-0.1, -0.05) is 77.9 Å². The summed E-state index contributed by atoms with van der Waals surface area (Å²) in [5.74, 6) is 3.46. The molecule has 262 valence electrons. The predicted octanol–water partition coefficient (Wildman–Crippen LogP) is 11.9. The third-order valence-corrected chi connectivity index (χ3v) is 9.34. The van der Waals surface area contributed by atoms with Crippen LogP contribution in [0.2, 0.25) is 0 Å². The smallest absolute Gasteiger partial charge is 0.234 e. The fourth-order valence-corrected chi connectivity index (χ4v) is 6.91. The minimum Gasteiger partial charge on any atom is -0.457 e. The molecule has 0 amide bonds. The van der Waals surface area contributed by atoms with E-state index in [9.17, 15) is 0 Å². The van der Waals surface area contributed by atoms with Gasteiger partial charge in [0, 0.05) is 58.8 Å². The minimum atomic E-state index is -0.236. The van der Waals surface area contributed by atoms with Crippen LogP contribution in [-0.2, 0) is 10.8 Å². The second kappa shape index (κ2) is 13.3. The van der Waals surface area contributed by atoms with E-state index in [1.165, 1.54) is 0 Å². The number of hydrogen-bond acceptors (Lipinski definition) is 6. The normalized spacial score (nSPS) is 12.0. The fraction of sp³-hybridized carbons (Fsp3) is 0.174. The van der Waals surface area contributed by atoms with E-state index in [1.807, 2.05) is 91.0 Å². The fourth-order valence-electron chi connectivity index (χ4n) is 6.91. The summed E-state index contributed by atoms with van der Waals surface area (Å²) < 4.78 is 15.6. The van der Waals surface area contributed by atoms with Gasteiger partial charge >= 0.3 is 0 Å². The Morgan fingerprint density at radius 3 is 1.30 bits per heavy atom. The van der Waals surface area contributed by atoms with Gasteiger partial charge in [-0.3, -0.25) is 14.5 Å². The maximum absolute atomic E-state index is 6.71. The molecule has 4 heterocycles. The summed E-state index contributed by atoms with van der Waals surface area (Å²) in [6.07, 6.45) is 7.17. The third kappa shape index (κ3) is 6.74. The van der Waals surface area contributed by atoms with Crippen LogP contribution in [0.4, 0.5) is 0 Å². The second-order valence-corrected chi connectivity index (χ2v) is 15.3. The van der Waals surface area contributed by atoms with Gasteiger partial charge in [-0.15, -0.1) is 0 Å². The molecule has 0 fully saturated rings. The Labute approximate surface area is 310 Å². The molecule has 8 rings (SSSR count). The van der Waals surface area contributed by atoms with Crippen molar-refractivity contribution >= 4 is 21.8 Å². The van der Waals surface area contributed by atoms with Crippen LogP contribution in [0.15, 0.2) is 140 Å². The molecule has 7 heteroatoms. The Hall–Kier alpha value is -6.34. The van der Waals surface area contributed by atoms with E-state index in [1.54, 1.807) is 24.8 Å². The molecule has 8 aromatic rings. The van der Waals surface area contributed by atoms with Crippen LogP contribution in [-0.4, -0.2) is 24.5 Å². The topological polar surface area (TPSA) is 75.0 Å². The van der Waals surface area contributed by atoms with Crippen molar-refractivity contribution in [1.82, 2.24) is 24.5 Å². The molecular formula is C46H41N5O2. The molecule has 0 aliphatic rings. The number of benzene rings is 4. The van der Waals surface area contributed by atoms with Crippen LogP contribution in [0.25, 0.3) is 50.3 Å². The second-order valence-electron chi connectivity index (χ2n) is 15.3. The molecule has 0 saturated carbocycles. The lowest BCUT2D eigenvalue weighted by atomic mass is 9.80. The molecule has 0 aliphatic heterocycles. The van der Waals surface area contributed by atoms with Crippen molar-refractivity contribution in [2.24, 2.45) is 0 Å². The third-order valence-electron chi connectivity index (χ3n) is 9.34. The predicted molar refractivity (Wildman–Crippen MR) is 213 cm³/mol. The van der Waals surface area contributed by atoms with E-state index in [0.717, 1.165) is 78.4 Å². The lowest BCUT2D eigenvalue weighted by Gasteiger charge is -2.25. The molecule has 0 atom stereocenters. The molecule has 0 bridgehead atoms. The number of fused-ring (bicyclic) bond motifs is 3. The Morgan fingerprint density at radius 1 is 0.434 bits per heavy atom. The zero-order chi connectivity index (χ0) is 36.7. The zero-order valence-electron chi connectivity index (χ0n) is 30.8. The summed E-state index contributed by atoms with van der Waals surface area (Å²) in [7, 11) is 0. The molecule has 0 radical (unpaired) electrons. The van der Waals surface area contributed by atoms with Gasteiger partial charge in [-0.2, -0.15) is 0 Å². The van der Waals surface area contributed by atoms with Crippen molar-refractivity contribution in [1.29, 1.82) is 0 Å². The molecule has 53 heavy (non-hydrogen) atoms. The highest BCUT2D eigenvalue weighted by Crippen LogP contribution is 2.47. The van der Waals surface area contributed by atoms with Gasteiger partial charge in [0.2, 0.25) is 5.95 Å². The van der Waals surface area contributed by atoms with Crippen molar-refractivity contribution in [3.63, 3.8) is 0 Å². The summed E-state index contributed by atoms with van der Waals surface area (Å²) in [5.41, 5.74) is 7.51. The Morgan fingerprint density at radius 2 is 0.887 bits per heavy atom. The van der Waals surface area contributed by atoms with Crippen LogP contribution in [0.1, 0.15) is 52.7 Å². The molecule has 7 nitrogen and oxygen atoms in total. The Balaban J connectivity index is 1.35. The van der Waals surface area contributed by atoms with Crippen molar-refractivity contribution in [3.05, 3.63) is 151 Å². The monoisotopic (exact) mass is 695 g/mol. The largest absolute Gasteiger partial charge is 0.457 e. The number of rotatable bonds is 7. The minimum absolute atomic E-state index is 0.236. The van der Waals surface area contributed by atoms with Gasteiger partial charge in [-0.05, 0) is 88.7 Å². The number of pyridine rings is 2. The first kappa shape index (κ1) is 33.8. The number of nitrogens with zero attached hydrogens (tertiary/aromatic N) is 5. The van der Waals surface area contributed by atoms with E-state index in [2.05, 4.69) is 80.3 Å². The van der Waals surface area contributed by atoms with Crippen molar-refractivity contribution < 1.29 is 9.47 Å². The molecule has 0 unspecified atom stereocenters. The summed E-state index contributed by atoms with van der Waals surface area (Å²) in [4.78, 5) is 18.7. The Bertz CT molecular complexity index is 2410. The molecule has 0 aliphatic carbocycles. The lowest BCUT2D eigenvalue weighted by molar-refractivity contribution is 0.479. The molecule has 4 aromatic heterocycles. The standard InChI is InChI=1S/C46H41N5O2/c1-45(2,3)36-26-34(52-32-16-11-14-30(24-32)38-18-7-9-20-47-38)28-40-42(36)43-37(46(4,5)6)27-35(29-41(43)51(40)44-49-22-13-23-50-44)53-33-17-12-15-31(25-33)39-19-8-10-21-48-39/h7-29H,1-6H3. The van der Waals surface area contributed by atoms with E-state index in [4.69, 9.17) is 19.4 Å². The molecule has 0 saturated heterocycles. The number of hydrogen-bond donors (Lipinski definition) is 0. The maximum atomic E-state index is 6.71. The van der Waals surface area contributed by atoms with E-state index in [-0.39, 0.29) is 10.8 Å². The number of aromatic nitrogens is 5. The van der Waals surface area contributed by atoms with Crippen molar-refractivity contribution in [2.75, 3.05) is 0 Å². The van der Waals surface area contributed by atoms with Crippen molar-refractivity contribution in [2.45, 2.75) is 52.4 Å². The highest BCUT2D eigenvalue weighted by atomic mass is 16.5. The van der Waals surface area contributed by atoms with Crippen LogP contribution < -0.4 is 9.47 Å². The summed E-state index contributed by atoms with van der Waals surface area (Å²) >= 11 is 0. The van der Waals surface area contributed by atoms with E-state index >= 15 is 0 Å². The summed E-state index contributed by atoms with van der Waals surface area (Å²) in [6.45, 7) is 13.5. The van der Waals surface area contributed by atoms with Gasteiger partial charge in [0.1, 0.15) is 23.0 Å². The highest BCUT2D eigenvalue weighted by Gasteiger charge is 2.29. The zero-order valence-corrected chi connectivity index (χ0v) is 30.8. The lowest BCUT2D eigenvalue weighted by Crippen LogP contribution is -2.14. The van der Waals surface area contributed by atoms with Crippen molar-refractivity contribution in [3.8, 4) is 51.5 Å². The van der Waals surface area contributed by atoms with Gasteiger partial charge in [0.25, 0.3) is 0 Å². The first-order chi connectivity index (χ1) is 25.5. The van der Waals surface area contributed by atoms with Crippen LogP contribution in [0.5, 0.6) is 23.0 Å². The van der Waals surface area contributed by atoms with E-state index < -0.39 is 0 Å². The SMILES string of the molecule is CC(C)(C)c1cc(Oc2cccc(-c3ccccn3)c2)cc2c1c1c(C(C)(C)C)cc(Oc3cccc(-c4ccccn4)c3)cc1n2-c1ncccn1. The molecule has 0 N–H and O–H groups in total. The van der Waals surface area contributed by atoms with Gasteiger partial charge < -0.3 is 9.47 Å². The molecule has 0 spiro atoms. The van der Waals surface area contributed by atoms with Gasteiger partial charge in [-0.25, -0.2) is 9.97 Å². The Kier molecular flexibility index (Phi) is 8.50. The quantitative estimate of drug-likeness (QED) is 0.165. The first-order valence-electron chi connectivity index (χ1n) is 17.9.